The molecule has 0 amide bonds. The standard InChI is InChI=1S/C16H23N3/c1-13-6-4-7-16(14(13)2)19-11-5-10-18(3)12-15(19)8-9-17/h4,6-7,15H,5,8,10-12H2,1-3H3. The first-order valence-corrected chi connectivity index (χ1v) is 7.02. The van der Waals surface area contributed by atoms with Crippen LogP contribution >= 0.6 is 0 Å². The summed E-state index contributed by atoms with van der Waals surface area (Å²) in [5.41, 5.74) is 3.97. The quantitative estimate of drug-likeness (QED) is 0.816. The topological polar surface area (TPSA) is 30.3 Å². The van der Waals surface area contributed by atoms with Crippen molar-refractivity contribution >= 4 is 5.69 Å². The van der Waals surface area contributed by atoms with E-state index < -0.39 is 0 Å². The monoisotopic (exact) mass is 257 g/mol. The van der Waals surface area contributed by atoms with Crippen molar-refractivity contribution in [1.82, 2.24) is 4.90 Å². The van der Waals surface area contributed by atoms with Gasteiger partial charge in [-0.25, -0.2) is 0 Å². The lowest BCUT2D eigenvalue weighted by Gasteiger charge is -2.33. The second-order valence-electron chi connectivity index (χ2n) is 5.54. The number of aryl methyl sites for hydroxylation is 1. The van der Waals surface area contributed by atoms with Crippen LogP contribution in [0.4, 0.5) is 5.69 Å². The van der Waals surface area contributed by atoms with Crippen LogP contribution < -0.4 is 4.90 Å². The molecule has 1 aromatic rings. The van der Waals surface area contributed by atoms with Gasteiger partial charge in [0, 0.05) is 18.8 Å². The molecule has 102 valence electrons. The van der Waals surface area contributed by atoms with Crippen molar-refractivity contribution in [1.29, 1.82) is 5.26 Å². The number of hydrogen-bond donors (Lipinski definition) is 0. The van der Waals surface area contributed by atoms with Gasteiger partial charge in [-0.3, -0.25) is 0 Å². The Morgan fingerprint density at radius 2 is 2.11 bits per heavy atom. The third-order valence-corrected chi connectivity index (χ3v) is 4.11. The Labute approximate surface area is 116 Å². The number of likely N-dealkylation sites (N-methyl/N-ethyl adjacent to an activating group) is 1. The summed E-state index contributed by atoms with van der Waals surface area (Å²) in [6.45, 7) is 7.47. The van der Waals surface area contributed by atoms with E-state index in [0.29, 0.717) is 12.5 Å². The van der Waals surface area contributed by atoms with Gasteiger partial charge in [-0.1, -0.05) is 12.1 Å². The van der Waals surface area contributed by atoms with Crippen LogP contribution in [0, 0.1) is 25.2 Å². The molecule has 3 nitrogen and oxygen atoms in total. The Morgan fingerprint density at radius 3 is 2.84 bits per heavy atom. The summed E-state index contributed by atoms with van der Waals surface area (Å²) in [6.07, 6.45) is 1.75. The highest BCUT2D eigenvalue weighted by Crippen LogP contribution is 2.27. The Morgan fingerprint density at radius 1 is 1.32 bits per heavy atom. The third kappa shape index (κ3) is 3.08. The van der Waals surface area contributed by atoms with Crippen LogP contribution in [0.15, 0.2) is 18.2 Å². The smallest absolute Gasteiger partial charge is 0.0643 e. The van der Waals surface area contributed by atoms with Gasteiger partial charge >= 0.3 is 0 Å². The van der Waals surface area contributed by atoms with E-state index in [9.17, 15) is 0 Å². The molecular weight excluding hydrogens is 234 g/mol. The van der Waals surface area contributed by atoms with E-state index in [4.69, 9.17) is 5.26 Å². The molecule has 1 unspecified atom stereocenters. The molecule has 1 fully saturated rings. The molecular formula is C16H23N3. The van der Waals surface area contributed by atoms with Gasteiger partial charge in [-0.2, -0.15) is 5.26 Å². The first kappa shape index (κ1) is 13.9. The summed E-state index contributed by atoms with van der Waals surface area (Å²) in [5.74, 6) is 0. The molecule has 0 N–H and O–H groups in total. The summed E-state index contributed by atoms with van der Waals surface area (Å²) in [6, 6.07) is 9.12. The molecule has 3 heteroatoms. The normalized spacial score (nSPS) is 20.9. The van der Waals surface area contributed by atoms with Gasteiger partial charge in [-0.15, -0.1) is 0 Å². The van der Waals surface area contributed by atoms with Crippen molar-refractivity contribution in [3.8, 4) is 6.07 Å². The second kappa shape index (κ2) is 6.08. The maximum absolute atomic E-state index is 9.09. The molecule has 1 aliphatic heterocycles. The maximum Gasteiger partial charge on any atom is 0.0643 e. The van der Waals surface area contributed by atoms with Gasteiger partial charge in [0.25, 0.3) is 0 Å². The number of benzene rings is 1. The maximum atomic E-state index is 9.09. The summed E-state index contributed by atoms with van der Waals surface area (Å²) < 4.78 is 0. The van der Waals surface area contributed by atoms with Crippen molar-refractivity contribution in [2.24, 2.45) is 0 Å². The summed E-state index contributed by atoms with van der Waals surface area (Å²) in [7, 11) is 2.15. The van der Waals surface area contributed by atoms with Crippen molar-refractivity contribution < 1.29 is 0 Å². The fourth-order valence-corrected chi connectivity index (χ4v) is 2.89. The molecule has 0 aromatic heterocycles. The van der Waals surface area contributed by atoms with Gasteiger partial charge in [0.15, 0.2) is 0 Å². The fourth-order valence-electron chi connectivity index (χ4n) is 2.89. The molecule has 1 aromatic carbocycles. The highest BCUT2D eigenvalue weighted by atomic mass is 15.2. The first-order valence-electron chi connectivity index (χ1n) is 7.02. The predicted molar refractivity (Wildman–Crippen MR) is 79.4 cm³/mol. The summed E-state index contributed by atoms with van der Waals surface area (Å²) >= 11 is 0. The van der Waals surface area contributed by atoms with Crippen LogP contribution in [0.5, 0.6) is 0 Å². The lowest BCUT2D eigenvalue weighted by atomic mass is 10.0. The van der Waals surface area contributed by atoms with Crippen LogP contribution in [0.25, 0.3) is 0 Å². The number of rotatable bonds is 2. The van der Waals surface area contributed by atoms with Gasteiger partial charge in [0.1, 0.15) is 0 Å². The van der Waals surface area contributed by atoms with Crippen molar-refractivity contribution in [3.05, 3.63) is 29.3 Å². The Hall–Kier alpha value is -1.53. The molecule has 1 aliphatic rings. The molecule has 1 heterocycles. The van der Waals surface area contributed by atoms with Gasteiger partial charge in [0.05, 0.1) is 18.5 Å². The van der Waals surface area contributed by atoms with Crippen LogP contribution in [-0.4, -0.2) is 37.6 Å². The molecule has 1 saturated heterocycles. The largest absolute Gasteiger partial charge is 0.366 e. The van der Waals surface area contributed by atoms with Gasteiger partial charge in [0.2, 0.25) is 0 Å². The Bertz CT molecular complexity index is 475. The summed E-state index contributed by atoms with van der Waals surface area (Å²) in [4.78, 5) is 4.78. The first-order chi connectivity index (χ1) is 9.13. The van der Waals surface area contributed by atoms with Crippen LogP contribution in [-0.2, 0) is 0 Å². The Balaban J connectivity index is 2.33. The summed E-state index contributed by atoms with van der Waals surface area (Å²) in [5, 5.41) is 9.09. The number of anilines is 1. The van der Waals surface area contributed by atoms with E-state index in [0.717, 1.165) is 26.1 Å². The minimum absolute atomic E-state index is 0.304. The zero-order chi connectivity index (χ0) is 13.8. The highest BCUT2D eigenvalue weighted by Gasteiger charge is 2.24. The second-order valence-corrected chi connectivity index (χ2v) is 5.54. The van der Waals surface area contributed by atoms with E-state index in [-0.39, 0.29) is 0 Å². The SMILES string of the molecule is Cc1cccc(N2CCCN(C)CC2CC#N)c1C. The molecule has 0 aliphatic carbocycles. The Kier molecular flexibility index (Phi) is 4.44. The van der Waals surface area contributed by atoms with E-state index in [1.165, 1.54) is 16.8 Å². The fraction of sp³-hybridized carbons (Fsp3) is 0.562. The van der Waals surface area contributed by atoms with Crippen molar-refractivity contribution in [2.75, 3.05) is 31.6 Å². The van der Waals surface area contributed by atoms with E-state index in [1.54, 1.807) is 0 Å². The lowest BCUT2D eigenvalue weighted by molar-refractivity contribution is 0.332. The van der Waals surface area contributed by atoms with Gasteiger partial charge < -0.3 is 9.80 Å². The highest BCUT2D eigenvalue weighted by molar-refractivity contribution is 5.57. The molecule has 1 atom stereocenters. The van der Waals surface area contributed by atoms with E-state index in [1.807, 2.05) is 0 Å². The van der Waals surface area contributed by atoms with Crippen LogP contribution in [0.1, 0.15) is 24.0 Å². The average Bonchev–Trinajstić information content (AvgIpc) is 2.55. The van der Waals surface area contributed by atoms with Crippen LogP contribution in [0.3, 0.4) is 0 Å². The molecule has 0 bridgehead atoms. The number of hydrogen-bond acceptors (Lipinski definition) is 3. The van der Waals surface area contributed by atoms with Crippen LogP contribution in [0.2, 0.25) is 0 Å². The molecule has 2 rings (SSSR count). The van der Waals surface area contributed by atoms with E-state index >= 15 is 0 Å². The zero-order valence-electron chi connectivity index (χ0n) is 12.2. The number of nitriles is 1. The molecule has 19 heavy (non-hydrogen) atoms. The minimum Gasteiger partial charge on any atom is -0.366 e. The lowest BCUT2D eigenvalue weighted by Crippen LogP contribution is -2.40. The van der Waals surface area contributed by atoms with Crippen molar-refractivity contribution in [3.63, 3.8) is 0 Å². The average molecular weight is 257 g/mol. The van der Waals surface area contributed by atoms with Gasteiger partial charge in [-0.05, 0) is 51.1 Å². The van der Waals surface area contributed by atoms with Crippen molar-refractivity contribution in [2.45, 2.75) is 32.7 Å². The van der Waals surface area contributed by atoms with E-state index in [2.05, 4.69) is 55.0 Å². The zero-order valence-corrected chi connectivity index (χ0v) is 12.2. The predicted octanol–water partition coefficient (Wildman–Crippen LogP) is 2.73. The molecule has 0 radical (unpaired) electrons. The minimum atomic E-state index is 0.304. The number of nitrogens with zero attached hydrogens (tertiary/aromatic N) is 3. The molecule has 0 saturated carbocycles. The third-order valence-electron chi connectivity index (χ3n) is 4.11. The molecule has 0 spiro atoms.